The van der Waals surface area contributed by atoms with Gasteiger partial charge < -0.3 is 0 Å². The molecule has 0 aromatic heterocycles. The van der Waals surface area contributed by atoms with E-state index in [1.54, 1.807) is 0 Å². The Morgan fingerprint density at radius 2 is 2.12 bits per heavy atom. The van der Waals surface area contributed by atoms with E-state index in [2.05, 4.69) is 13.0 Å². The maximum absolute atomic E-state index is 10.7. The van der Waals surface area contributed by atoms with Gasteiger partial charge in [0.2, 0.25) is 0 Å². The van der Waals surface area contributed by atoms with Gasteiger partial charge in [-0.1, -0.05) is 18.2 Å². The fourth-order valence-electron chi connectivity index (χ4n) is 1.67. The van der Waals surface area contributed by atoms with Crippen molar-refractivity contribution in [3.8, 4) is 0 Å². The van der Waals surface area contributed by atoms with E-state index >= 15 is 0 Å². The molecule has 0 amide bonds. The van der Waals surface area contributed by atoms with E-state index in [-0.39, 0.29) is 0 Å². The molecule has 1 heterocycles. The number of rotatable bonds is 3. The molecule has 0 radical (unpaired) electrons. The van der Waals surface area contributed by atoms with Crippen LogP contribution in [0.15, 0.2) is 34.1 Å². The Morgan fingerprint density at radius 3 is 2.82 bits per heavy atom. The number of hydrogen-bond donors (Lipinski definition) is 0. The van der Waals surface area contributed by atoms with Crippen LogP contribution in [0.3, 0.4) is 0 Å². The maximum Gasteiger partial charge on any atom is 0.150 e. The van der Waals surface area contributed by atoms with Crippen molar-refractivity contribution in [2.45, 2.75) is 13.3 Å². The summed E-state index contributed by atoms with van der Waals surface area (Å²) in [5.41, 5.74) is 3.40. The van der Waals surface area contributed by atoms with Gasteiger partial charge in [0.05, 0.1) is 0 Å². The minimum absolute atomic E-state index is 0.764. The number of aldehydes is 1. The van der Waals surface area contributed by atoms with Gasteiger partial charge in [0, 0.05) is 20.0 Å². The van der Waals surface area contributed by atoms with Crippen molar-refractivity contribution in [3.63, 3.8) is 0 Å². The number of carbonyl (C=O) groups is 1. The molecule has 0 bridgehead atoms. The Morgan fingerprint density at radius 1 is 1.35 bits per heavy atom. The molecule has 0 spiro atoms. The van der Waals surface area contributed by atoms with Crippen LogP contribution < -0.4 is 0 Å². The summed E-state index contributed by atoms with van der Waals surface area (Å²) in [4.78, 5) is 10.7. The molecule has 1 nitrogen and oxygen atoms in total. The Bertz CT molecular complexity index is 432. The first kappa shape index (κ1) is 13.1. The van der Waals surface area contributed by atoms with Crippen molar-refractivity contribution in [3.05, 3.63) is 45.2 Å². The van der Waals surface area contributed by atoms with Gasteiger partial charge in [-0.15, -0.1) is 35.3 Å². The molecule has 1 aliphatic rings. The Labute approximate surface area is 115 Å². The second kappa shape index (κ2) is 6.57. The van der Waals surface area contributed by atoms with Gasteiger partial charge >= 0.3 is 0 Å². The topological polar surface area (TPSA) is 17.1 Å². The average Bonchev–Trinajstić information content (AvgIpc) is 2.40. The number of thioether (sulfide) groups is 3. The Hall–Kier alpha value is -0.320. The number of carbonyl (C=O) groups excluding carboxylic acids is 1. The highest BCUT2D eigenvalue weighted by molar-refractivity contribution is 8.35. The van der Waals surface area contributed by atoms with Crippen LogP contribution in [-0.2, 0) is 6.42 Å². The predicted octanol–water partition coefficient (Wildman–Crippen LogP) is 4.40. The Balaban J connectivity index is 2.11. The fraction of sp³-hybridized carbons (Fsp3) is 0.308. The second-order valence-electron chi connectivity index (χ2n) is 3.84. The lowest BCUT2D eigenvalue weighted by atomic mass is 10.1. The number of allylic oxidation sites excluding steroid dienone is 1. The molecule has 2 rings (SSSR count). The van der Waals surface area contributed by atoms with Gasteiger partial charge in [-0.05, 0) is 30.5 Å². The third kappa shape index (κ3) is 3.83. The largest absolute Gasteiger partial charge is 0.298 e. The first-order valence-corrected chi connectivity index (χ1v) is 8.49. The first-order chi connectivity index (χ1) is 8.29. The molecule has 0 unspecified atom stereocenters. The normalized spacial score (nSPS) is 15.7. The van der Waals surface area contributed by atoms with Crippen molar-refractivity contribution in [2.75, 3.05) is 10.2 Å². The molecule has 1 aromatic rings. The maximum atomic E-state index is 10.7. The molecule has 1 fully saturated rings. The lowest BCUT2D eigenvalue weighted by molar-refractivity contribution is 0.112. The molecule has 1 aromatic carbocycles. The van der Waals surface area contributed by atoms with Gasteiger partial charge in [0.25, 0.3) is 0 Å². The molecule has 0 atom stereocenters. The smallest absolute Gasteiger partial charge is 0.150 e. The van der Waals surface area contributed by atoms with Crippen molar-refractivity contribution in [2.24, 2.45) is 0 Å². The first-order valence-electron chi connectivity index (χ1n) is 5.37. The van der Waals surface area contributed by atoms with Crippen LogP contribution in [0.4, 0.5) is 0 Å². The van der Waals surface area contributed by atoms with Gasteiger partial charge in [-0.2, -0.15) is 0 Å². The van der Waals surface area contributed by atoms with Crippen LogP contribution in [0.5, 0.6) is 0 Å². The van der Waals surface area contributed by atoms with E-state index in [1.807, 2.05) is 53.5 Å². The summed E-state index contributed by atoms with van der Waals surface area (Å²) >= 11 is 5.85. The SMILES string of the molecule is CC(Cc1cccc(C=O)c1)=C1SCSCS1. The summed E-state index contributed by atoms with van der Waals surface area (Å²) in [6, 6.07) is 7.86. The lowest BCUT2D eigenvalue weighted by Crippen LogP contribution is -1.94. The van der Waals surface area contributed by atoms with Crippen LogP contribution in [0.2, 0.25) is 0 Å². The zero-order chi connectivity index (χ0) is 12.1. The van der Waals surface area contributed by atoms with Crippen LogP contribution in [0.1, 0.15) is 22.8 Å². The van der Waals surface area contributed by atoms with E-state index < -0.39 is 0 Å². The highest BCUT2D eigenvalue weighted by Gasteiger charge is 2.10. The molecule has 1 aliphatic heterocycles. The molecular formula is C13H14OS3. The van der Waals surface area contributed by atoms with E-state index in [9.17, 15) is 4.79 Å². The molecule has 0 saturated carbocycles. The average molecular weight is 282 g/mol. The predicted molar refractivity (Wildman–Crippen MR) is 80.7 cm³/mol. The third-order valence-electron chi connectivity index (χ3n) is 2.45. The van der Waals surface area contributed by atoms with E-state index in [0.717, 1.165) is 28.4 Å². The molecule has 0 aliphatic carbocycles. The monoisotopic (exact) mass is 282 g/mol. The van der Waals surface area contributed by atoms with E-state index in [1.165, 1.54) is 15.4 Å². The summed E-state index contributed by atoms with van der Waals surface area (Å²) < 4.78 is 1.46. The summed E-state index contributed by atoms with van der Waals surface area (Å²) in [5.74, 6) is 0. The number of benzene rings is 1. The summed E-state index contributed by atoms with van der Waals surface area (Å²) in [7, 11) is 0. The summed E-state index contributed by atoms with van der Waals surface area (Å²) in [5, 5.41) is 2.32. The zero-order valence-electron chi connectivity index (χ0n) is 9.64. The van der Waals surface area contributed by atoms with Crippen molar-refractivity contribution in [1.29, 1.82) is 0 Å². The molecule has 1 saturated heterocycles. The van der Waals surface area contributed by atoms with Crippen molar-refractivity contribution < 1.29 is 4.79 Å². The Kier molecular flexibility index (Phi) is 5.07. The third-order valence-corrected chi connectivity index (χ3v) is 6.66. The summed E-state index contributed by atoms with van der Waals surface area (Å²) in [6.45, 7) is 2.19. The standard InChI is InChI=1S/C13H14OS3/c1-10(13-16-8-15-9-17-13)5-11-3-2-4-12(6-11)7-14/h2-4,6-7H,5,8-9H2,1H3. The van der Waals surface area contributed by atoms with Crippen LogP contribution in [-0.4, -0.2) is 16.5 Å². The molecule has 0 N–H and O–H groups in total. The molecule has 17 heavy (non-hydrogen) atoms. The zero-order valence-corrected chi connectivity index (χ0v) is 12.1. The second-order valence-corrected chi connectivity index (χ2v) is 7.78. The van der Waals surface area contributed by atoms with Crippen molar-refractivity contribution in [1.82, 2.24) is 0 Å². The lowest BCUT2D eigenvalue weighted by Gasteiger charge is -2.15. The molecule has 90 valence electrons. The summed E-state index contributed by atoms with van der Waals surface area (Å²) in [6.07, 6.45) is 1.86. The quantitative estimate of drug-likeness (QED) is 0.764. The molecular weight excluding hydrogens is 268 g/mol. The fourth-order valence-corrected chi connectivity index (χ4v) is 5.91. The minimum atomic E-state index is 0.764. The highest BCUT2D eigenvalue weighted by Crippen LogP contribution is 2.41. The van der Waals surface area contributed by atoms with Gasteiger partial charge in [0.15, 0.2) is 0 Å². The van der Waals surface area contributed by atoms with E-state index in [0.29, 0.717) is 0 Å². The molecule has 4 heteroatoms. The van der Waals surface area contributed by atoms with Crippen LogP contribution in [0, 0.1) is 0 Å². The van der Waals surface area contributed by atoms with Gasteiger partial charge in [-0.25, -0.2) is 0 Å². The van der Waals surface area contributed by atoms with Gasteiger partial charge in [0.1, 0.15) is 6.29 Å². The van der Waals surface area contributed by atoms with Crippen molar-refractivity contribution >= 4 is 41.6 Å². The van der Waals surface area contributed by atoms with Crippen LogP contribution >= 0.6 is 35.3 Å². The highest BCUT2D eigenvalue weighted by atomic mass is 32.3. The minimum Gasteiger partial charge on any atom is -0.298 e. The van der Waals surface area contributed by atoms with E-state index in [4.69, 9.17) is 0 Å². The number of hydrogen-bond acceptors (Lipinski definition) is 4. The van der Waals surface area contributed by atoms with Gasteiger partial charge in [-0.3, -0.25) is 4.79 Å². The van der Waals surface area contributed by atoms with Crippen LogP contribution in [0.25, 0.3) is 0 Å².